The van der Waals surface area contributed by atoms with E-state index in [1.165, 1.54) is 59.2 Å². The third-order valence-electron chi connectivity index (χ3n) is 11.4. The summed E-state index contributed by atoms with van der Waals surface area (Å²) in [6.07, 6.45) is 0. The van der Waals surface area contributed by atoms with Crippen molar-refractivity contribution in [3.63, 3.8) is 0 Å². The van der Waals surface area contributed by atoms with Crippen LogP contribution in [0.2, 0.25) is 0 Å². The molecule has 0 bridgehead atoms. The van der Waals surface area contributed by atoms with Crippen LogP contribution in [-0.4, -0.2) is 9.13 Å². The van der Waals surface area contributed by atoms with Crippen molar-refractivity contribution < 1.29 is 0 Å². The van der Waals surface area contributed by atoms with Gasteiger partial charge in [0.1, 0.15) is 0 Å². The second kappa shape index (κ2) is 13.7. The second-order valence-corrected chi connectivity index (χ2v) is 15.5. The van der Waals surface area contributed by atoms with E-state index in [0.717, 1.165) is 43.3 Å². The van der Waals surface area contributed by atoms with Gasteiger partial charge in [0.25, 0.3) is 0 Å². The Kier molecular flexibility index (Phi) is 8.01. The van der Waals surface area contributed by atoms with Gasteiger partial charge in [0.15, 0.2) is 0 Å². The Bertz CT molecular complexity index is 3450. The summed E-state index contributed by atoms with van der Waals surface area (Å²) < 4.78 is 5.95. The van der Waals surface area contributed by atoms with Crippen LogP contribution < -0.4 is 0 Å². The molecule has 0 aliphatic rings. The number of para-hydroxylation sites is 3. The summed E-state index contributed by atoms with van der Waals surface area (Å²) in [7, 11) is 0. The van der Waals surface area contributed by atoms with E-state index in [2.05, 4.69) is 237 Å². The van der Waals surface area contributed by atoms with Gasteiger partial charge in [-0.1, -0.05) is 180 Å². The predicted molar refractivity (Wildman–Crippen MR) is 248 cm³/mol. The lowest BCUT2D eigenvalue weighted by Crippen LogP contribution is -2.01. The van der Waals surface area contributed by atoms with Crippen molar-refractivity contribution in [1.29, 1.82) is 0 Å². The van der Waals surface area contributed by atoms with Crippen molar-refractivity contribution >= 4 is 103 Å². The molecule has 2 heterocycles. The average molecular weight is 792 g/mol. The third kappa shape index (κ3) is 5.46. The summed E-state index contributed by atoms with van der Waals surface area (Å²) >= 11 is 3.84. The second-order valence-electron chi connectivity index (χ2n) is 14.6. The fraction of sp³-hybridized carbons (Fsp3) is 0. The SMILES string of the molecule is Brc1cccc(-n2c3ccccc3c3ccccc3c3ccccc3c3ccc(-n4c5ccccc5c5ccccc5c5ccccc5c5ccccc54)cc32)c1. The minimum Gasteiger partial charge on any atom is -0.309 e. The van der Waals surface area contributed by atoms with Crippen LogP contribution in [0, 0.1) is 0 Å². The van der Waals surface area contributed by atoms with Crippen LogP contribution in [0.1, 0.15) is 0 Å². The molecule has 0 saturated heterocycles. The number of aromatic nitrogens is 2. The fourth-order valence-electron chi connectivity index (χ4n) is 9.00. The quantitative estimate of drug-likeness (QED) is 0.165. The molecule has 2 aromatic heterocycles. The number of nitrogens with zero attached hydrogens (tertiary/aromatic N) is 2. The first-order chi connectivity index (χ1) is 28.2. The van der Waals surface area contributed by atoms with Gasteiger partial charge < -0.3 is 9.13 Å². The molecule has 0 unspecified atom stereocenters. The predicted octanol–water partition coefficient (Wildman–Crippen LogP) is 15.5. The lowest BCUT2D eigenvalue weighted by Gasteiger charge is -2.18. The van der Waals surface area contributed by atoms with E-state index in [1.807, 2.05) is 0 Å². The van der Waals surface area contributed by atoms with E-state index in [4.69, 9.17) is 0 Å². The molecule has 0 saturated carbocycles. The van der Waals surface area contributed by atoms with E-state index in [0.29, 0.717) is 0 Å². The third-order valence-corrected chi connectivity index (χ3v) is 11.9. The molecule has 0 fully saturated rings. The summed E-state index contributed by atoms with van der Waals surface area (Å²) in [5, 5.41) is 14.4. The first kappa shape index (κ1) is 33.4. The Morgan fingerprint density at radius 2 is 0.526 bits per heavy atom. The molecule has 0 radical (unpaired) electrons. The van der Waals surface area contributed by atoms with Gasteiger partial charge in [0.05, 0.1) is 22.1 Å². The van der Waals surface area contributed by atoms with Crippen molar-refractivity contribution in [1.82, 2.24) is 9.13 Å². The van der Waals surface area contributed by atoms with Gasteiger partial charge in [-0.3, -0.25) is 0 Å². The van der Waals surface area contributed by atoms with Crippen LogP contribution >= 0.6 is 15.9 Å². The van der Waals surface area contributed by atoms with Crippen molar-refractivity contribution in [2.45, 2.75) is 0 Å². The Labute approximate surface area is 338 Å². The maximum absolute atomic E-state index is 3.84. The Morgan fingerprint density at radius 3 is 0.912 bits per heavy atom. The normalized spacial score (nSPS) is 11.6. The number of rotatable bonds is 2. The first-order valence-electron chi connectivity index (χ1n) is 19.4. The van der Waals surface area contributed by atoms with Crippen LogP contribution in [0.5, 0.6) is 0 Å². The zero-order chi connectivity index (χ0) is 37.9. The number of fused-ring (bicyclic) bond motifs is 14. The number of hydrogen-bond donors (Lipinski definition) is 0. The molecule has 3 heteroatoms. The Hall–Kier alpha value is -6.94. The highest BCUT2D eigenvalue weighted by molar-refractivity contribution is 9.10. The van der Waals surface area contributed by atoms with E-state index >= 15 is 0 Å². The van der Waals surface area contributed by atoms with Gasteiger partial charge in [-0.25, -0.2) is 0 Å². The van der Waals surface area contributed by atoms with Crippen LogP contribution in [0.15, 0.2) is 217 Å². The minimum atomic E-state index is 1.02. The summed E-state index contributed by atoms with van der Waals surface area (Å²) in [5.41, 5.74) is 6.58. The zero-order valence-corrected chi connectivity index (χ0v) is 32.6. The highest BCUT2D eigenvalue weighted by atomic mass is 79.9. The summed E-state index contributed by atoms with van der Waals surface area (Å²) in [5.74, 6) is 0. The lowest BCUT2D eigenvalue weighted by atomic mass is 10.0. The Morgan fingerprint density at radius 1 is 0.228 bits per heavy atom. The van der Waals surface area contributed by atoms with Crippen LogP contribution in [0.4, 0.5) is 0 Å². The molecule has 0 atom stereocenters. The monoisotopic (exact) mass is 790 g/mol. The summed E-state index contributed by atoms with van der Waals surface area (Å²) in [6.45, 7) is 0. The van der Waals surface area contributed by atoms with Gasteiger partial charge in [0.2, 0.25) is 0 Å². The topological polar surface area (TPSA) is 9.86 Å². The van der Waals surface area contributed by atoms with Crippen LogP contribution in [0.3, 0.4) is 0 Å². The van der Waals surface area contributed by atoms with Crippen LogP contribution in [0.25, 0.3) is 98.1 Å². The lowest BCUT2D eigenvalue weighted by molar-refractivity contribution is 1.14. The van der Waals surface area contributed by atoms with Crippen molar-refractivity contribution in [3.05, 3.63) is 217 Å². The zero-order valence-electron chi connectivity index (χ0n) is 31.0. The molecule has 0 aliphatic heterocycles. The van der Waals surface area contributed by atoms with E-state index in [9.17, 15) is 0 Å². The van der Waals surface area contributed by atoms with Gasteiger partial charge in [-0.2, -0.15) is 0 Å². The minimum absolute atomic E-state index is 1.02. The van der Waals surface area contributed by atoms with Crippen molar-refractivity contribution in [2.75, 3.05) is 0 Å². The molecule has 0 amide bonds. The highest BCUT2D eigenvalue weighted by Crippen LogP contribution is 2.38. The molecule has 11 rings (SSSR count). The molecule has 11 aromatic rings. The van der Waals surface area contributed by atoms with E-state index in [-0.39, 0.29) is 0 Å². The Balaban J connectivity index is 1.44. The first-order valence-corrected chi connectivity index (χ1v) is 20.2. The molecule has 2 nitrogen and oxygen atoms in total. The van der Waals surface area contributed by atoms with Crippen LogP contribution in [-0.2, 0) is 0 Å². The molecule has 0 spiro atoms. The number of halogens is 1. The van der Waals surface area contributed by atoms with Gasteiger partial charge >= 0.3 is 0 Å². The number of hydrogen-bond acceptors (Lipinski definition) is 0. The van der Waals surface area contributed by atoms with Gasteiger partial charge in [-0.15, -0.1) is 0 Å². The molecule has 0 aliphatic carbocycles. The highest BCUT2D eigenvalue weighted by Gasteiger charge is 2.15. The van der Waals surface area contributed by atoms with Gasteiger partial charge in [0, 0.05) is 37.4 Å². The van der Waals surface area contributed by atoms with Crippen molar-refractivity contribution in [3.8, 4) is 11.4 Å². The number of benzene rings is 9. The summed E-state index contributed by atoms with van der Waals surface area (Å²) in [6, 6.07) is 77.7. The smallest absolute Gasteiger partial charge is 0.0561 e. The maximum atomic E-state index is 3.84. The molecule has 268 valence electrons. The standard InChI is InChI=1S/C54H35BrN2/c55-36-16-15-17-37(34-36)57-53-31-14-11-28-49(53)45-24-7-3-20-41(45)42-21-4-8-25-46(42)50-33-32-38(35-54(50)57)56-51-29-12-9-26-47(51)43-22-5-1-18-39(43)40-19-2-6-23-44(40)48-27-10-13-30-52(48)56/h1-35H. The van der Waals surface area contributed by atoms with Gasteiger partial charge in [-0.05, 0) is 91.6 Å². The summed E-state index contributed by atoms with van der Waals surface area (Å²) in [4.78, 5) is 0. The molecular weight excluding hydrogens is 757 g/mol. The molecule has 57 heavy (non-hydrogen) atoms. The maximum Gasteiger partial charge on any atom is 0.0561 e. The fourth-order valence-corrected chi connectivity index (χ4v) is 9.39. The average Bonchev–Trinajstić information content (AvgIpc) is 3.34. The van der Waals surface area contributed by atoms with E-state index in [1.54, 1.807) is 0 Å². The van der Waals surface area contributed by atoms with E-state index < -0.39 is 0 Å². The largest absolute Gasteiger partial charge is 0.309 e. The molecule has 0 N–H and O–H groups in total. The molecular formula is C54H35BrN2. The molecule has 9 aromatic carbocycles. The van der Waals surface area contributed by atoms with Crippen molar-refractivity contribution in [2.24, 2.45) is 0 Å².